The summed E-state index contributed by atoms with van der Waals surface area (Å²) in [4.78, 5) is 7.02. The highest BCUT2D eigenvalue weighted by Crippen LogP contribution is 2.39. The Kier molecular flexibility index (Phi) is 4.08. The lowest BCUT2D eigenvalue weighted by atomic mass is 9.82. The van der Waals surface area contributed by atoms with E-state index in [9.17, 15) is 0 Å². The van der Waals surface area contributed by atoms with E-state index in [-0.39, 0.29) is 0 Å². The molecule has 0 aliphatic carbocycles. The summed E-state index contributed by atoms with van der Waals surface area (Å²) in [5.74, 6) is 1.17. The van der Waals surface area contributed by atoms with Gasteiger partial charge in [0.25, 0.3) is 0 Å². The van der Waals surface area contributed by atoms with E-state index in [0.717, 1.165) is 18.4 Å². The maximum absolute atomic E-state index is 4.56. The van der Waals surface area contributed by atoms with Crippen LogP contribution < -0.4 is 4.90 Å². The Balaban J connectivity index is 2.20. The molecule has 17 heavy (non-hydrogen) atoms. The number of pyridine rings is 1. The molecule has 2 nitrogen and oxygen atoms in total. The molecule has 1 fully saturated rings. The molecule has 0 atom stereocenters. The van der Waals surface area contributed by atoms with Crippen LogP contribution in [0.5, 0.6) is 0 Å². The van der Waals surface area contributed by atoms with Crippen LogP contribution in [0.3, 0.4) is 0 Å². The van der Waals surface area contributed by atoms with Crippen LogP contribution >= 0.6 is 15.9 Å². The molecule has 1 aromatic rings. The number of alkyl halides is 1. The van der Waals surface area contributed by atoms with E-state index in [1.165, 1.54) is 30.6 Å². The number of anilines is 1. The zero-order valence-electron chi connectivity index (χ0n) is 10.7. The number of nitrogens with zero attached hydrogens (tertiary/aromatic N) is 2. The van der Waals surface area contributed by atoms with Crippen LogP contribution in [-0.2, 0) is 5.33 Å². The van der Waals surface area contributed by atoms with Gasteiger partial charge in [0, 0.05) is 30.2 Å². The summed E-state index contributed by atoms with van der Waals surface area (Å²) in [7, 11) is 0. The van der Waals surface area contributed by atoms with Crippen molar-refractivity contribution in [2.45, 2.75) is 38.4 Å². The Morgan fingerprint density at radius 3 is 2.76 bits per heavy atom. The fourth-order valence-electron chi connectivity index (χ4n) is 2.76. The van der Waals surface area contributed by atoms with Gasteiger partial charge in [-0.05, 0) is 30.7 Å². The van der Waals surface area contributed by atoms with Gasteiger partial charge >= 0.3 is 0 Å². The van der Waals surface area contributed by atoms with Crippen LogP contribution in [0.4, 0.5) is 5.82 Å². The van der Waals surface area contributed by atoms with Crippen LogP contribution in [0.25, 0.3) is 0 Å². The quantitative estimate of drug-likeness (QED) is 0.781. The second kappa shape index (κ2) is 5.38. The number of rotatable bonds is 4. The minimum absolute atomic E-state index is 0.515. The fraction of sp³-hybridized carbons (Fsp3) is 0.643. The molecule has 0 amide bonds. The van der Waals surface area contributed by atoms with Crippen LogP contribution in [0.1, 0.15) is 38.7 Å². The molecule has 2 heterocycles. The minimum Gasteiger partial charge on any atom is -0.356 e. The molecule has 2 rings (SSSR count). The number of hydrogen-bond donors (Lipinski definition) is 0. The van der Waals surface area contributed by atoms with Gasteiger partial charge in [-0.2, -0.15) is 0 Å². The maximum Gasteiger partial charge on any atom is 0.132 e. The molecule has 0 aromatic carbocycles. The van der Waals surface area contributed by atoms with Crippen molar-refractivity contribution >= 4 is 21.7 Å². The van der Waals surface area contributed by atoms with Crippen molar-refractivity contribution < 1.29 is 0 Å². The average molecular weight is 297 g/mol. The predicted molar refractivity (Wildman–Crippen MR) is 76.7 cm³/mol. The van der Waals surface area contributed by atoms with Gasteiger partial charge in [-0.3, -0.25) is 0 Å². The van der Waals surface area contributed by atoms with Crippen LogP contribution in [0.2, 0.25) is 0 Å². The first kappa shape index (κ1) is 12.9. The lowest BCUT2D eigenvalue weighted by Gasteiger charge is -2.27. The Labute approximate surface area is 113 Å². The molecular weight excluding hydrogens is 276 g/mol. The van der Waals surface area contributed by atoms with E-state index in [1.807, 2.05) is 12.3 Å². The SMILES string of the molecule is CCC1(CC)CCN(c2ncccc2CBr)C1. The molecule has 94 valence electrons. The highest BCUT2D eigenvalue weighted by Gasteiger charge is 2.35. The molecule has 1 aliphatic rings. The summed E-state index contributed by atoms with van der Waals surface area (Å²) < 4.78 is 0. The van der Waals surface area contributed by atoms with Gasteiger partial charge in [-0.25, -0.2) is 4.98 Å². The molecule has 1 aromatic heterocycles. The highest BCUT2D eigenvalue weighted by atomic mass is 79.9. The Morgan fingerprint density at radius 2 is 2.18 bits per heavy atom. The zero-order chi connectivity index (χ0) is 12.3. The summed E-state index contributed by atoms with van der Waals surface area (Å²) in [6.07, 6.45) is 5.75. The van der Waals surface area contributed by atoms with Gasteiger partial charge in [-0.15, -0.1) is 0 Å². The minimum atomic E-state index is 0.515. The highest BCUT2D eigenvalue weighted by molar-refractivity contribution is 9.08. The van der Waals surface area contributed by atoms with Crippen LogP contribution in [0, 0.1) is 5.41 Å². The summed E-state index contributed by atoms with van der Waals surface area (Å²) in [5.41, 5.74) is 1.82. The standard InChI is InChI=1S/C14H21BrN2/c1-3-14(4-2)7-9-17(11-14)13-12(10-15)6-5-8-16-13/h5-6,8H,3-4,7,9-11H2,1-2H3. The molecule has 1 saturated heterocycles. The van der Waals surface area contributed by atoms with Gasteiger partial charge in [0.15, 0.2) is 0 Å². The molecule has 0 radical (unpaired) electrons. The predicted octanol–water partition coefficient (Wildman–Crippen LogP) is 3.99. The second-order valence-corrected chi connectivity index (χ2v) is 5.56. The summed E-state index contributed by atoms with van der Waals surface area (Å²) in [5, 5.41) is 0.887. The summed E-state index contributed by atoms with van der Waals surface area (Å²) in [6.45, 7) is 6.95. The third-order valence-electron chi connectivity index (χ3n) is 4.25. The normalized spacial score (nSPS) is 18.6. The lowest BCUT2D eigenvalue weighted by molar-refractivity contribution is 0.301. The molecule has 3 heteroatoms. The smallest absolute Gasteiger partial charge is 0.132 e. The van der Waals surface area contributed by atoms with Crippen molar-refractivity contribution in [1.82, 2.24) is 4.98 Å². The first-order chi connectivity index (χ1) is 8.24. The number of aromatic nitrogens is 1. The summed E-state index contributed by atoms with van der Waals surface area (Å²) in [6, 6.07) is 4.18. The monoisotopic (exact) mass is 296 g/mol. The van der Waals surface area contributed by atoms with Gasteiger partial charge in [0.2, 0.25) is 0 Å². The van der Waals surface area contributed by atoms with Crippen LogP contribution in [0.15, 0.2) is 18.3 Å². The van der Waals surface area contributed by atoms with Crippen molar-refractivity contribution in [3.05, 3.63) is 23.9 Å². The average Bonchev–Trinajstić information content (AvgIpc) is 2.83. The lowest BCUT2D eigenvalue weighted by Crippen LogP contribution is -2.27. The Hall–Kier alpha value is -0.570. The first-order valence-corrected chi connectivity index (χ1v) is 7.61. The largest absolute Gasteiger partial charge is 0.356 e. The third-order valence-corrected chi connectivity index (χ3v) is 4.85. The fourth-order valence-corrected chi connectivity index (χ4v) is 3.20. The van der Waals surface area contributed by atoms with Crippen molar-refractivity contribution in [1.29, 1.82) is 0 Å². The third kappa shape index (κ3) is 2.49. The topological polar surface area (TPSA) is 16.1 Å². The zero-order valence-corrected chi connectivity index (χ0v) is 12.3. The van der Waals surface area contributed by atoms with Crippen molar-refractivity contribution in [3.63, 3.8) is 0 Å². The molecule has 0 spiro atoms. The van der Waals surface area contributed by atoms with Crippen molar-refractivity contribution in [2.24, 2.45) is 5.41 Å². The summed E-state index contributed by atoms with van der Waals surface area (Å²) >= 11 is 3.55. The van der Waals surface area contributed by atoms with E-state index in [2.05, 4.69) is 45.7 Å². The van der Waals surface area contributed by atoms with E-state index >= 15 is 0 Å². The van der Waals surface area contributed by atoms with Gasteiger partial charge in [0.05, 0.1) is 0 Å². The molecule has 0 saturated carbocycles. The van der Waals surface area contributed by atoms with E-state index < -0.39 is 0 Å². The number of halogens is 1. The van der Waals surface area contributed by atoms with Crippen molar-refractivity contribution in [2.75, 3.05) is 18.0 Å². The molecular formula is C14H21BrN2. The Morgan fingerprint density at radius 1 is 1.41 bits per heavy atom. The first-order valence-electron chi connectivity index (χ1n) is 6.49. The van der Waals surface area contributed by atoms with Crippen LogP contribution in [-0.4, -0.2) is 18.1 Å². The van der Waals surface area contributed by atoms with Crippen molar-refractivity contribution in [3.8, 4) is 0 Å². The van der Waals surface area contributed by atoms with E-state index in [0.29, 0.717) is 5.41 Å². The molecule has 1 aliphatic heterocycles. The van der Waals surface area contributed by atoms with E-state index in [1.54, 1.807) is 0 Å². The number of hydrogen-bond acceptors (Lipinski definition) is 2. The second-order valence-electron chi connectivity index (χ2n) is 5.00. The van der Waals surface area contributed by atoms with Gasteiger partial charge in [0.1, 0.15) is 5.82 Å². The van der Waals surface area contributed by atoms with Gasteiger partial charge < -0.3 is 4.90 Å². The molecule has 0 bridgehead atoms. The van der Waals surface area contributed by atoms with Gasteiger partial charge in [-0.1, -0.05) is 35.8 Å². The maximum atomic E-state index is 4.56. The molecule has 0 unspecified atom stereocenters. The Bertz CT molecular complexity index is 374. The van der Waals surface area contributed by atoms with E-state index in [4.69, 9.17) is 0 Å². The molecule has 0 N–H and O–H groups in total.